The monoisotopic (exact) mass is 658 g/mol. The second kappa shape index (κ2) is 19.2. The van der Waals surface area contributed by atoms with Crippen LogP contribution in [0.3, 0.4) is 0 Å². The molecule has 1 aromatic carbocycles. The molecule has 260 valence electrons. The Bertz CT molecular complexity index is 1250. The van der Waals surface area contributed by atoms with Gasteiger partial charge in [0.2, 0.25) is 29.4 Å². The second-order valence-corrected chi connectivity index (χ2v) is 12.5. The highest BCUT2D eigenvalue weighted by molar-refractivity contribution is 6.38. The number of carbonyl (C=O) groups is 7. The molecule has 0 aliphatic carbocycles. The summed E-state index contributed by atoms with van der Waals surface area (Å²) in [5.41, 5.74) is 6.40. The highest BCUT2D eigenvalue weighted by Crippen LogP contribution is 2.21. The predicted octanol–water partition coefficient (Wildman–Crippen LogP) is 0.957. The maximum Gasteiger partial charge on any atom is 0.407 e. The lowest BCUT2D eigenvalue weighted by Crippen LogP contribution is -2.57. The molecule has 14 nitrogen and oxygen atoms in total. The number of alkyl carbamates (subject to hydrolysis) is 1. The Balaban J connectivity index is 1.98. The Morgan fingerprint density at radius 1 is 0.936 bits per heavy atom. The first-order chi connectivity index (χ1) is 22.2. The molecule has 0 radical (unpaired) electrons. The number of nitrogens with one attached hydrogen (secondary N) is 4. The van der Waals surface area contributed by atoms with Gasteiger partial charge < -0.3 is 36.6 Å². The first-order valence-electron chi connectivity index (χ1n) is 16.2. The average Bonchev–Trinajstić information content (AvgIpc) is 3.53. The minimum Gasteiger partial charge on any atom is -0.449 e. The van der Waals surface area contributed by atoms with Crippen molar-refractivity contribution >= 4 is 41.4 Å². The molecular formula is C33H50N6O8. The van der Waals surface area contributed by atoms with Gasteiger partial charge in [-0.15, -0.1) is 0 Å². The van der Waals surface area contributed by atoms with Crippen LogP contribution in [0.1, 0.15) is 72.3 Å². The van der Waals surface area contributed by atoms with E-state index in [9.17, 15) is 33.6 Å². The number of nitrogens with zero attached hydrogens (tertiary/aromatic N) is 1. The summed E-state index contributed by atoms with van der Waals surface area (Å²) in [6.45, 7) is 8.97. The molecule has 1 aliphatic heterocycles. The lowest BCUT2D eigenvalue weighted by atomic mass is 10.0. The molecule has 6 amide bonds. The van der Waals surface area contributed by atoms with Crippen LogP contribution in [0.15, 0.2) is 30.3 Å². The molecule has 0 saturated carbocycles. The van der Waals surface area contributed by atoms with Crippen LogP contribution < -0.4 is 27.0 Å². The topological polar surface area (TPSA) is 206 Å². The number of primary amides is 1. The SMILES string of the molecule is CCCC(NC(=O)[C@@H]1CCCN1C(=O)[C@@H](NC(=O)OCC(C)C)C(C)C)C(=O)C(=O)NCC(=O)N[C@@H](CCc1ccccc1)C(N)=O. The average molecular weight is 659 g/mol. The van der Waals surface area contributed by atoms with E-state index in [-0.39, 0.29) is 37.8 Å². The van der Waals surface area contributed by atoms with Gasteiger partial charge in [-0.05, 0) is 49.5 Å². The van der Waals surface area contributed by atoms with Gasteiger partial charge in [-0.25, -0.2) is 4.79 Å². The third-order valence-corrected chi connectivity index (χ3v) is 7.68. The molecule has 14 heteroatoms. The second-order valence-electron chi connectivity index (χ2n) is 12.5. The Morgan fingerprint density at radius 2 is 1.62 bits per heavy atom. The number of amides is 6. The van der Waals surface area contributed by atoms with Crippen molar-refractivity contribution in [2.24, 2.45) is 17.6 Å². The molecule has 0 bridgehead atoms. The number of benzene rings is 1. The highest BCUT2D eigenvalue weighted by Gasteiger charge is 2.40. The Kier molecular flexibility index (Phi) is 15.8. The number of likely N-dealkylation sites (tertiary alicyclic amines) is 1. The Morgan fingerprint density at radius 3 is 2.21 bits per heavy atom. The van der Waals surface area contributed by atoms with Gasteiger partial charge in [0.05, 0.1) is 19.2 Å². The quantitative estimate of drug-likeness (QED) is 0.143. The van der Waals surface area contributed by atoms with E-state index >= 15 is 0 Å². The summed E-state index contributed by atoms with van der Waals surface area (Å²) in [6, 6.07) is 5.33. The zero-order valence-corrected chi connectivity index (χ0v) is 28.0. The summed E-state index contributed by atoms with van der Waals surface area (Å²) < 4.78 is 5.17. The van der Waals surface area contributed by atoms with Gasteiger partial charge in [-0.2, -0.15) is 0 Å². The predicted molar refractivity (Wildman–Crippen MR) is 173 cm³/mol. The van der Waals surface area contributed by atoms with E-state index in [0.29, 0.717) is 25.7 Å². The lowest BCUT2D eigenvalue weighted by Gasteiger charge is -2.31. The lowest BCUT2D eigenvalue weighted by molar-refractivity contribution is -0.143. The van der Waals surface area contributed by atoms with E-state index < -0.39 is 72.1 Å². The van der Waals surface area contributed by atoms with Gasteiger partial charge in [-0.1, -0.05) is 71.4 Å². The number of ether oxygens (including phenoxy) is 1. The molecule has 0 spiro atoms. The molecule has 6 N–H and O–H groups in total. The van der Waals surface area contributed by atoms with Crippen LogP contribution in [-0.2, 0) is 39.9 Å². The summed E-state index contributed by atoms with van der Waals surface area (Å²) >= 11 is 0. The van der Waals surface area contributed by atoms with E-state index in [1.54, 1.807) is 20.8 Å². The number of hydrogen-bond donors (Lipinski definition) is 5. The largest absolute Gasteiger partial charge is 0.449 e. The molecule has 1 unspecified atom stereocenters. The molecule has 1 aromatic rings. The van der Waals surface area contributed by atoms with Gasteiger partial charge in [0.15, 0.2) is 0 Å². The number of rotatable bonds is 18. The van der Waals surface area contributed by atoms with E-state index in [4.69, 9.17) is 10.5 Å². The first-order valence-corrected chi connectivity index (χ1v) is 16.2. The van der Waals surface area contributed by atoms with Crippen molar-refractivity contribution in [1.29, 1.82) is 0 Å². The summed E-state index contributed by atoms with van der Waals surface area (Å²) in [5.74, 6) is -4.70. The van der Waals surface area contributed by atoms with Crippen LogP contribution in [-0.4, -0.2) is 90.2 Å². The van der Waals surface area contributed by atoms with Crippen LogP contribution in [0.2, 0.25) is 0 Å². The number of Topliss-reactive ketones (excluding diaryl/α,β-unsaturated/α-hetero) is 1. The number of ketones is 1. The standard InChI is InChI=1S/C33H50N6O8/c1-6-11-23(28(41)31(44)35-18-26(40)36-24(29(34)42)16-15-22-12-8-7-9-13-22)37-30(43)25-14-10-17-39(25)32(45)27(21(4)5)38-33(46)47-19-20(2)3/h7-9,12-13,20-21,23-25,27H,6,10-11,14-19H2,1-5H3,(H2,34,42)(H,35,44)(H,36,40)(H,37,43)(H,38,46)/t23?,24-,25-,27-/m0/s1. The maximum absolute atomic E-state index is 13.5. The third-order valence-electron chi connectivity index (χ3n) is 7.68. The van der Waals surface area contributed by atoms with Crippen molar-refractivity contribution in [2.75, 3.05) is 19.7 Å². The van der Waals surface area contributed by atoms with E-state index in [1.807, 2.05) is 44.2 Å². The minimum atomic E-state index is -1.19. The van der Waals surface area contributed by atoms with Crippen LogP contribution in [0.5, 0.6) is 0 Å². The molecule has 1 aliphatic rings. The van der Waals surface area contributed by atoms with Gasteiger partial charge in [0.25, 0.3) is 5.91 Å². The number of hydrogen-bond acceptors (Lipinski definition) is 8. The van der Waals surface area contributed by atoms with Crippen LogP contribution in [0.4, 0.5) is 4.79 Å². The number of aryl methyl sites for hydroxylation is 1. The smallest absolute Gasteiger partial charge is 0.407 e. The summed E-state index contributed by atoms with van der Waals surface area (Å²) in [7, 11) is 0. The van der Waals surface area contributed by atoms with Crippen molar-refractivity contribution < 1.29 is 38.3 Å². The highest BCUT2D eigenvalue weighted by atomic mass is 16.5. The van der Waals surface area contributed by atoms with Gasteiger partial charge in [-0.3, -0.25) is 28.8 Å². The summed E-state index contributed by atoms with van der Waals surface area (Å²) in [6.07, 6.45) is 1.48. The van der Waals surface area contributed by atoms with Crippen molar-refractivity contribution in [2.45, 2.75) is 97.3 Å². The summed E-state index contributed by atoms with van der Waals surface area (Å²) in [4.78, 5) is 90.7. The van der Waals surface area contributed by atoms with Crippen molar-refractivity contribution in [3.05, 3.63) is 35.9 Å². The summed E-state index contributed by atoms with van der Waals surface area (Å²) in [5, 5.41) is 9.96. The van der Waals surface area contributed by atoms with Crippen molar-refractivity contribution in [3.63, 3.8) is 0 Å². The molecule has 2 rings (SSSR count). The molecule has 1 fully saturated rings. The molecule has 1 heterocycles. The zero-order chi connectivity index (χ0) is 35.1. The van der Waals surface area contributed by atoms with E-state index in [0.717, 1.165) is 5.56 Å². The van der Waals surface area contributed by atoms with Gasteiger partial charge in [0, 0.05) is 6.54 Å². The fourth-order valence-electron chi connectivity index (χ4n) is 5.12. The van der Waals surface area contributed by atoms with Crippen LogP contribution >= 0.6 is 0 Å². The number of carbonyl (C=O) groups excluding carboxylic acids is 7. The van der Waals surface area contributed by atoms with Crippen molar-refractivity contribution in [1.82, 2.24) is 26.2 Å². The van der Waals surface area contributed by atoms with Gasteiger partial charge >= 0.3 is 6.09 Å². The zero-order valence-electron chi connectivity index (χ0n) is 28.0. The fourth-order valence-corrected chi connectivity index (χ4v) is 5.12. The third kappa shape index (κ3) is 12.7. The molecule has 0 aromatic heterocycles. The minimum absolute atomic E-state index is 0.114. The van der Waals surface area contributed by atoms with E-state index in [1.165, 1.54) is 4.90 Å². The first kappa shape index (κ1) is 38.7. The van der Waals surface area contributed by atoms with Gasteiger partial charge in [0.1, 0.15) is 18.1 Å². The molecule has 47 heavy (non-hydrogen) atoms. The molecule has 4 atom stereocenters. The Hall–Kier alpha value is -4.49. The molecular weight excluding hydrogens is 608 g/mol. The molecule has 1 saturated heterocycles. The number of nitrogens with two attached hydrogens (primary N) is 1. The normalized spacial score (nSPS) is 16.1. The van der Waals surface area contributed by atoms with Crippen LogP contribution in [0, 0.1) is 11.8 Å². The van der Waals surface area contributed by atoms with Crippen LogP contribution in [0.25, 0.3) is 0 Å². The van der Waals surface area contributed by atoms with E-state index in [2.05, 4.69) is 21.3 Å². The Labute approximate surface area is 276 Å². The van der Waals surface area contributed by atoms with Crippen molar-refractivity contribution in [3.8, 4) is 0 Å². The maximum atomic E-state index is 13.5. The fraction of sp³-hybridized carbons (Fsp3) is 0.606.